The first-order chi connectivity index (χ1) is 18.4. The number of rotatable bonds is 9. The summed E-state index contributed by atoms with van der Waals surface area (Å²) in [6.07, 6.45) is -0.344. The molecule has 1 aliphatic rings. The van der Waals surface area contributed by atoms with Gasteiger partial charge in [-0.3, -0.25) is 14.5 Å². The van der Waals surface area contributed by atoms with Gasteiger partial charge in [0.2, 0.25) is 0 Å². The van der Waals surface area contributed by atoms with Crippen LogP contribution in [0.2, 0.25) is 0 Å². The van der Waals surface area contributed by atoms with Crippen LogP contribution < -0.4 is 26.0 Å². The lowest BCUT2D eigenvalue weighted by Crippen LogP contribution is -2.36. The molecule has 39 heavy (non-hydrogen) atoms. The minimum absolute atomic E-state index is 0.00485. The number of anilines is 2. The van der Waals surface area contributed by atoms with Gasteiger partial charge >= 0.3 is 6.18 Å². The summed E-state index contributed by atoms with van der Waals surface area (Å²) in [6.45, 7) is 4.84. The number of hydrazine groups is 2. The maximum absolute atomic E-state index is 13.5. The van der Waals surface area contributed by atoms with Crippen LogP contribution >= 0.6 is 0 Å². The lowest BCUT2D eigenvalue weighted by Gasteiger charge is -2.19. The molecule has 0 spiro atoms. The number of nitrogens with zero attached hydrogens (tertiary/aromatic N) is 4. The van der Waals surface area contributed by atoms with E-state index in [-0.39, 0.29) is 23.6 Å². The molecule has 3 aromatic rings. The highest BCUT2D eigenvalue weighted by atomic mass is 19.4. The highest BCUT2D eigenvalue weighted by Crippen LogP contribution is 2.34. The standard InChI is InChI=1S/C27H32F3N7O2/c1-17-7-8-19(11-25(17)37-16-24(33-34-37)23-15-31-36(5)18(23)2)26(38)32-21-12-20(27(28,29)30)13-22(14-21)39-10-6-9-35(3)4/h7-8,11-16,33-34H,6,9-10H2,1-5H3,(H,32,38). The molecule has 9 nitrogen and oxygen atoms in total. The molecule has 1 aliphatic heterocycles. The number of hydrogen-bond acceptors (Lipinski definition) is 7. The number of carbonyl (C=O) groups is 1. The molecule has 0 fully saturated rings. The number of benzene rings is 2. The van der Waals surface area contributed by atoms with Gasteiger partial charge in [0.05, 0.1) is 29.8 Å². The maximum Gasteiger partial charge on any atom is 0.416 e. The number of aromatic nitrogens is 2. The molecule has 0 saturated heterocycles. The van der Waals surface area contributed by atoms with Crippen LogP contribution in [0.5, 0.6) is 5.75 Å². The summed E-state index contributed by atoms with van der Waals surface area (Å²) in [4.78, 5) is 15.1. The molecule has 0 unspecified atom stereocenters. The predicted molar refractivity (Wildman–Crippen MR) is 144 cm³/mol. The van der Waals surface area contributed by atoms with Gasteiger partial charge in [-0.25, -0.2) is 0 Å². The molecule has 0 aliphatic carbocycles. The molecule has 2 aromatic carbocycles. The highest BCUT2D eigenvalue weighted by molar-refractivity contribution is 6.05. The first-order valence-electron chi connectivity index (χ1n) is 12.4. The van der Waals surface area contributed by atoms with Gasteiger partial charge in [-0.1, -0.05) is 6.07 Å². The summed E-state index contributed by atoms with van der Waals surface area (Å²) in [5.74, 6) is -0.507. The first-order valence-corrected chi connectivity index (χ1v) is 12.4. The van der Waals surface area contributed by atoms with Crippen LogP contribution in [0.25, 0.3) is 5.70 Å². The summed E-state index contributed by atoms with van der Waals surface area (Å²) in [6, 6.07) is 8.31. The van der Waals surface area contributed by atoms with E-state index in [2.05, 4.69) is 21.4 Å². The van der Waals surface area contributed by atoms with Gasteiger partial charge in [-0.2, -0.15) is 18.3 Å². The van der Waals surface area contributed by atoms with Crippen molar-refractivity contribution in [2.45, 2.75) is 26.4 Å². The Morgan fingerprint density at radius 3 is 2.59 bits per heavy atom. The zero-order valence-corrected chi connectivity index (χ0v) is 22.5. The molecule has 0 radical (unpaired) electrons. The second kappa shape index (κ2) is 11.4. The lowest BCUT2D eigenvalue weighted by atomic mass is 10.1. The Labute approximate surface area is 225 Å². The van der Waals surface area contributed by atoms with Gasteiger partial charge < -0.3 is 20.4 Å². The SMILES string of the molecule is Cc1ccc(C(=O)Nc2cc(OCCCN(C)C)cc(C(F)(F)F)c2)cc1N1C=C(c2cnn(C)c2C)NN1. The van der Waals surface area contributed by atoms with E-state index in [1.165, 1.54) is 6.07 Å². The third-order valence-corrected chi connectivity index (χ3v) is 6.34. The van der Waals surface area contributed by atoms with Gasteiger partial charge in [0, 0.05) is 48.4 Å². The molecule has 1 amide bonds. The number of hydrogen-bond donors (Lipinski definition) is 3. The summed E-state index contributed by atoms with van der Waals surface area (Å²) in [5.41, 5.74) is 9.81. The molecular weight excluding hydrogens is 511 g/mol. The average Bonchev–Trinajstić information content (AvgIpc) is 3.48. The molecule has 2 heterocycles. The molecular formula is C27H32F3N7O2. The van der Waals surface area contributed by atoms with Crippen LogP contribution in [0.4, 0.5) is 24.5 Å². The van der Waals surface area contributed by atoms with Crippen molar-refractivity contribution in [1.82, 2.24) is 25.6 Å². The van der Waals surface area contributed by atoms with Crippen LogP contribution in [-0.4, -0.2) is 47.8 Å². The molecule has 12 heteroatoms. The summed E-state index contributed by atoms with van der Waals surface area (Å²) >= 11 is 0. The quantitative estimate of drug-likeness (QED) is 0.344. The number of aryl methyl sites for hydroxylation is 2. The minimum atomic E-state index is -4.59. The number of amides is 1. The molecule has 0 saturated carbocycles. The third kappa shape index (κ3) is 6.70. The van der Waals surface area contributed by atoms with Gasteiger partial charge in [-0.15, -0.1) is 5.53 Å². The number of carbonyl (C=O) groups excluding carboxylic acids is 1. The Balaban J connectivity index is 1.54. The van der Waals surface area contributed by atoms with E-state index < -0.39 is 17.6 Å². The van der Waals surface area contributed by atoms with Crippen molar-refractivity contribution in [2.24, 2.45) is 7.05 Å². The summed E-state index contributed by atoms with van der Waals surface area (Å²) in [7, 11) is 5.67. The Morgan fingerprint density at radius 1 is 1.15 bits per heavy atom. The van der Waals surface area contributed by atoms with Crippen LogP contribution in [0.15, 0.2) is 48.8 Å². The fraction of sp³-hybridized carbons (Fsp3) is 0.333. The smallest absolute Gasteiger partial charge is 0.416 e. The summed E-state index contributed by atoms with van der Waals surface area (Å²) in [5, 5.41) is 8.59. The van der Waals surface area contributed by atoms with Crippen molar-refractivity contribution in [3.05, 3.63) is 76.7 Å². The molecule has 1 aromatic heterocycles. The molecule has 3 N–H and O–H groups in total. The number of ether oxygens (including phenoxy) is 1. The Bertz CT molecular complexity index is 1380. The maximum atomic E-state index is 13.5. The summed E-state index contributed by atoms with van der Waals surface area (Å²) < 4.78 is 48.0. The normalized spacial score (nSPS) is 13.5. The van der Waals surface area contributed by atoms with E-state index >= 15 is 0 Å². The van der Waals surface area contributed by atoms with E-state index in [0.717, 1.165) is 41.2 Å². The third-order valence-electron chi connectivity index (χ3n) is 6.34. The van der Waals surface area contributed by atoms with Gasteiger partial charge in [-0.05, 0) is 64.2 Å². The second-order valence-corrected chi connectivity index (χ2v) is 9.62. The van der Waals surface area contributed by atoms with Gasteiger partial charge in [0.1, 0.15) is 5.75 Å². The first kappa shape index (κ1) is 28.0. The van der Waals surface area contributed by atoms with Gasteiger partial charge in [0.15, 0.2) is 0 Å². The lowest BCUT2D eigenvalue weighted by molar-refractivity contribution is -0.137. The van der Waals surface area contributed by atoms with Crippen LogP contribution in [-0.2, 0) is 13.2 Å². The molecule has 4 rings (SSSR count). The fourth-order valence-electron chi connectivity index (χ4n) is 4.05. The van der Waals surface area contributed by atoms with E-state index in [4.69, 9.17) is 4.74 Å². The van der Waals surface area contributed by atoms with Crippen molar-refractivity contribution in [2.75, 3.05) is 37.6 Å². The van der Waals surface area contributed by atoms with Crippen molar-refractivity contribution < 1.29 is 22.7 Å². The number of nitrogens with one attached hydrogen (secondary N) is 3. The minimum Gasteiger partial charge on any atom is -0.493 e. The number of halogens is 3. The van der Waals surface area contributed by atoms with E-state index in [0.29, 0.717) is 12.1 Å². The van der Waals surface area contributed by atoms with Crippen LogP contribution in [0.1, 0.15) is 39.2 Å². The second-order valence-electron chi connectivity index (χ2n) is 9.62. The molecule has 208 valence electrons. The topological polar surface area (TPSA) is 86.7 Å². The van der Waals surface area contributed by atoms with Crippen molar-refractivity contribution in [3.63, 3.8) is 0 Å². The average molecular weight is 544 g/mol. The Hall–Kier alpha value is -4.03. The van der Waals surface area contributed by atoms with Crippen LogP contribution in [0, 0.1) is 13.8 Å². The zero-order valence-electron chi connectivity index (χ0n) is 22.5. The molecule has 0 bridgehead atoms. The van der Waals surface area contributed by atoms with E-state index in [1.807, 2.05) is 46.1 Å². The Kier molecular flexibility index (Phi) is 8.17. The van der Waals surface area contributed by atoms with E-state index in [9.17, 15) is 18.0 Å². The Morgan fingerprint density at radius 2 is 1.92 bits per heavy atom. The predicted octanol–water partition coefficient (Wildman–Crippen LogP) is 4.47. The largest absolute Gasteiger partial charge is 0.493 e. The van der Waals surface area contributed by atoms with E-state index in [1.54, 1.807) is 34.1 Å². The highest BCUT2D eigenvalue weighted by Gasteiger charge is 2.32. The van der Waals surface area contributed by atoms with Crippen molar-refractivity contribution >= 4 is 23.0 Å². The monoisotopic (exact) mass is 543 g/mol. The van der Waals surface area contributed by atoms with Crippen molar-refractivity contribution in [3.8, 4) is 5.75 Å². The van der Waals surface area contributed by atoms with Crippen LogP contribution in [0.3, 0.4) is 0 Å². The molecule has 0 atom stereocenters. The van der Waals surface area contributed by atoms with Gasteiger partial charge in [0.25, 0.3) is 5.91 Å². The number of alkyl halides is 3. The fourth-order valence-corrected chi connectivity index (χ4v) is 4.05. The zero-order chi connectivity index (χ0) is 28.3. The van der Waals surface area contributed by atoms with Crippen molar-refractivity contribution in [1.29, 1.82) is 0 Å².